The molecule has 0 atom stereocenters. The van der Waals surface area contributed by atoms with Crippen molar-refractivity contribution >= 4 is 11.4 Å². The monoisotopic (exact) mass is 226 g/mol. The lowest BCUT2D eigenvalue weighted by molar-refractivity contribution is 1.30. The topological polar surface area (TPSA) is 52.0 Å². The summed E-state index contributed by atoms with van der Waals surface area (Å²) in [5.74, 6) is 0. The molecule has 2 nitrogen and oxygen atoms in total. The lowest BCUT2D eigenvalue weighted by Crippen LogP contribution is -1.95. The highest BCUT2D eigenvalue weighted by Gasteiger charge is 2.06. The minimum absolute atomic E-state index is 0.634. The number of nitrogens with two attached hydrogens (primary N) is 2. The molecular formula is C15H18N2. The second kappa shape index (κ2) is 4.13. The van der Waals surface area contributed by atoms with Crippen LogP contribution in [0.3, 0.4) is 0 Å². The summed E-state index contributed by atoms with van der Waals surface area (Å²) in [6, 6.07) is 10.2. The van der Waals surface area contributed by atoms with E-state index in [4.69, 9.17) is 11.5 Å². The predicted molar refractivity (Wildman–Crippen MR) is 74.9 cm³/mol. The zero-order valence-electron chi connectivity index (χ0n) is 10.5. The lowest BCUT2D eigenvalue weighted by atomic mass is 9.95. The Balaban J connectivity index is 2.60. The summed E-state index contributed by atoms with van der Waals surface area (Å²) in [6.07, 6.45) is 0. The highest BCUT2D eigenvalue weighted by molar-refractivity contribution is 5.76. The smallest absolute Gasteiger partial charge is 0.0554 e. The molecule has 0 saturated heterocycles. The summed E-state index contributed by atoms with van der Waals surface area (Å²) in [7, 11) is 0. The summed E-state index contributed by atoms with van der Waals surface area (Å²) in [6.45, 7) is 6.37. The molecule has 17 heavy (non-hydrogen) atoms. The van der Waals surface area contributed by atoms with Crippen LogP contribution in [0.15, 0.2) is 30.3 Å². The molecule has 2 rings (SSSR count). The van der Waals surface area contributed by atoms with Crippen molar-refractivity contribution in [2.45, 2.75) is 20.8 Å². The summed E-state index contributed by atoms with van der Waals surface area (Å²) in [5, 5.41) is 0. The van der Waals surface area contributed by atoms with E-state index in [1.807, 2.05) is 18.2 Å². The van der Waals surface area contributed by atoms with Gasteiger partial charge < -0.3 is 11.5 Å². The molecule has 2 aromatic carbocycles. The fourth-order valence-corrected chi connectivity index (χ4v) is 2.01. The molecule has 0 aromatic heterocycles. The van der Waals surface area contributed by atoms with Gasteiger partial charge in [-0.1, -0.05) is 18.2 Å². The van der Waals surface area contributed by atoms with Crippen LogP contribution in [-0.2, 0) is 0 Å². The minimum atomic E-state index is 0.634. The van der Waals surface area contributed by atoms with Crippen LogP contribution in [0.2, 0.25) is 0 Å². The van der Waals surface area contributed by atoms with Crippen LogP contribution in [0, 0.1) is 20.8 Å². The molecule has 4 N–H and O–H groups in total. The van der Waals surface area contributed by atoms with Crippen LogP contribution in [0.25, 0.3) is 11.1 Å². The van der Waals surface area contributed by atoms with Crippen LogP contribution >= 0.6 is 0 Å². The van der Waals surface area contributed by atoms with Crippen molar-refractivity contribution in [1.29, 1.82) is 0 Å². The maximum absolute atomic E-state index is 5.85. The van der Waals surface area contributed by atoms with Gasteiger partial charge in [0.1, 0.15) is 0 Å². The van der Waals surface area contributed by atoms with Gasteiger partial charge in [-0.05, 0) is 60.7 Å². The Bertz CT molecular complexity index is 571. The Morgan fingerprint density at radius 3 is 2.00 bits per heavy atom. The fraction of sp³-hybridized carbons (Fsp3) is 0.200. The van der Waals surface area contributed by atoms with Crippen molar-refractivity contribution < 1.29 is 0 Å². The van der Waals surface area contributed by atoms with E-state index in [-0.39, 0.29) is 0 Å². The Labute approximate surface area is 102 Å². The van der Waals surface area contributed by atoms with Gasteiger partial charge >= 0.3 is 0 Å². The van der Waals surface area contributed by atoms with E-state index in [0.717, 1.165) is 5.56 Å². The van der Waals surface area contributed by atoms with Crippen LogP contribution in [0.1, 0.15) is 16.7 Å². The Morgan fingerprint density at radius 1 is 0.706 bits per heavy atom. The van der Waals surface area contributed by atoms with Crippen molar-refractivity contribution in [3.8, 4) is 11.1 Å². The first-order valence-corrected chi connectivity index (χ1v) is 5.72. The molecule has 2 aromatic rings. The van der Waals surface area contributed by atoms with E-state index in [9.17, 15) is 0 Å². The van der Waals surface area contributed by atoms with Gasteiger partial charge in [-0.25, -0.2) is 0 Å². The average Bonchev–Trinajstić information content (AvgIpc) is 2.27. The zero-order valence-corrected chi connectivity index (χ0v) is 10.5. The number of rotatable bonds is 1. The van der Waals surface area contributed by atoms with Gasteiger partial charge in [-0.15, -0.1) is 0 Å². The van der Waals surface area contributed by atoms with Crippen molar-refractivity contribution in [3.05, 3.63) is 47.0 Å². The molecular weight excluding hydrogens is 208 g/mol. The van der Waals surface area contributed by atoms with Gasteiger partial charge in [0.25, 0.3) is 0 Å². The number of benzene rings is 2. The molecule has 88 valence electrons. The molecule has 0 aliphatic heterocycles. The van der Waals surface area contributed by atoms with Gasteiger partial charge in [-0.2, -0.15) is 0 Å². The molecule has 0 bridgehead atoms. The second-order valence-corrected chi connectivity index (χ2v) is 4.60. The normalized spacial score (nSPS) is 10.5. The third-order valence-corrected chi connectivity index (χ3v) is 3.24. The standard InChI is InChI=1S/C15H18N2/c1-9-6-11(3)13(7-10(9)2)12-4-5-14(16)15(17)8-12/h4-8H,16-17H2,1-3H3. The zero-order chi connectivity index (χ0) is 12.6. The van der Waals surface area contributed by atoms with E-state index in [0.29, 0.717) is 11.4 Å². The van der Waals surface area contributed by atoms with Gasteiger partial charge in [0.15, 0.2) is 0 Å². The first kappa shape index (κ1) is 11.5. The van der Waals surface area contributed by atoms with E-state index in [2.05, 4.69) is 32.9 Å². The highest BCUT2D eigenvalue weighted by atomic mass is 14.7. The molecule has 0 saturated carbocycles. The SMILES string of the molecule is Cc1cc(C)c(-c2ccc(N)c(N)c2)cc1C. The first-order chi connectivity index (χ1) is 7.99. The van der Waals surface area contributed by atoms with Gasteiger partial charge in [0.2, 0.25) is 0 Å². The summed E-state index contributed by atoms with van der Waals surface area (Å²) < 4.78 is 0. The third-order valence-electron chi connectivity index (χ3n) is 3.24. The second-order valence-electron chi connectivity index (χ2n) is 4.60. The summed E-state index contributed by atoms with van der Waals surface area (Å²) in [4.78, 5) is 0. The number of hydrogen-bond donors (Lipinski definition) is 2. The Kier molecular flexibility index (Phi) is 2.80. The molecule has 0 amide bonds. The number of anilines is 2. The van der Waals surface area contributed by atoms with Crippen molar-refractivity contribution in [2.24, 2.45) is 0 Å². The number of aryl methyl sites for hydroxylation is 3. The molecule has 0 aliphatic carbocycles. The van der Waals surface area contributed by atoms with Gasteiger partial charge in [0.05, 0.1) is 11.4 Å². The Hall–Kier alpha value is -1.96. The third kappa shape index (κ3) is 2.11. The maximum Gasteiger partial charge on any atom is 0.0554 e. The van der Waals surface area contributed by atoms with E-state index in [1.165, 1.54) is 22.3 Å². The first-order valence-electron chi connectivity index (χ1n) is 5.72. The van der Waals surface area contributed by atoms with Crippen molar-refractivity contribution in [3.63, 3.8) is 0 Å². The molecule has 0 heterocycles. The quantitative estimate of drug-likeness (QED) is 0.732. The average molecular weight is 226 g/mol. The molecule has 0 fully saturated rings. The highest BCUT2D eigenvalue weighted by Crippen LogP contribution is 2.29. The van der Waals surface area contributed by atoms with E-state index < -0.39 is 0 Å². The van der Waals surface area contributed by atoms with Gasteiger partial charge in [-0.3, -0.25) is 0 Å². The van der Waals surface area contributed by atoms with E-state index >= 15 is 0 Å². The molecule has 0 radical (unpaired) electrons. The number of nitrogen functional groups attached to an aromatic ring is 2. The number of hydrogen-bond acceptors (Lipinski definition) is 2. The van der Waals surface area contributed by atoms with Crippen LogP contribution in [0.4, 0.5) is 11.4 Å². The predicted octanol–water partition coefficient (Wildman–Crippen LogP) is 3.44. The molecule has 0 unspecified atom stereocenters. The fourth-order valence-electron chi connectivity index (χ4n) is 2.01. The van der Waals surface area contributed by atoms with Crippen LogP contribution in [-0.4, -0.2) is 0 Å². The molecule has 0 aliphatic rings. The summed E-state index contributed by atoms with van der Waals surface area (Å²) >= 11 is 0. The lowest BCUT2D eigenvalue weighted by Gasteiger charge is -2.11. The van der Waals surface area contributed by atoms with E-state index in [1.54, 1.807) is 0 Å². The summed E-state index contributed by atoms with van der Waals surface area (Å²) in [5.41, 5.74) is 19.1. The van der Waals surface area contributed by atoms with Crippen LogP contribution < -0.4 is 11.5 Å². The van der Waals surface area contributed by atoms with Crippen LogP contribution in [0.5, 0.6) is 0 Å². The van der Waals surface area contributed by atoms with Crippen molar-refractivity contribution in [1.82, 2.24) is 0 Å². The largest absolute Gasteiger partial charge is 0.397 e. The minimum Gasteiger partial charge on any atom is -0.397 e. The Morgan fingerprint density at radius 2 is 1.35 bits per heavy atom. The van der Waals surface area contributed by atoms with Crippen molar-refractivity contribution in [2.75, 3.05) is 11.5 Å². The molecule has 2 heteroatoms. The van der Waals surface area contributed by atoms with Gasteiger partial charge in [0, 0.05) is 0 Å². The molecule has 0 spiro atoms. The maximum atomic E-state index is 5.85.